The van der Waals surface area contributed by atoms with Crippen LogP contribution in [0.25, 0.3) is 11.1 Å². The van der Waals surface area contributed by atoms with Crippen molar-refractivity contribution >= 4 is 34.7 Å². The number of nitriles is 1. The van der Waals surface area contributed by atoms with Crippen molar-refractivity contribution in [3.63, 3.8) is 0 Å². The zero-order valence-corrected chi connectivity index (χ0v) is 34.2. The lowest BCUT2D eigenvalue weighted by Gasteiger charge is -2.33. The van der Waals surface area contributed by atoms with Gasteiger partial charge in [0.25, 0.3) is 0 Å². The third-order valence-corrected chi connectivity index (χ3v) is 12.4. The molecule has 4 heterocycles. The molecule has 2 atom stereocenters. The highest BCUT2D eigenvalue weighted by molar-refractivity contribution is 7.13. The summed E-state index contributed by atoms with van der Waals surface area (Å²) in [6.45, 7) is 7.62. The standard InChI is InChI=1S/C45H46ClN5O6S/c1-28-32(17-41(53)44-49-22-36(58-44)25-50-14-12-35(52)24-50)7-5-9-37(28)38-10-6-8-33(29(38)2)27-57-43-18-42(56-26-31-15-30(19-47)20-48-21-31)34(16-39(43)46)23-51-13-4-3-11-40(51)45(54)55/h5-10,15-16,18,20-22,35,40,52H,3-4,11-14,17,23-27H2,1-2H3,(H,54,55)/t35-,40+/m1/s1. The predicted octanol–water partition coefficient (Wildman–Crippen LogP) is 7.94. The molecule has 300 valence electrons. The number of thiazole rings is 1. The van der Waals surface area contributed by atoms with Crippen LogP contribution in [0.15, 0.2) is 73.2 Å². The maximum absolute atomic E-state index is 13.4. The Hall–Kier alpha value is -5.16. The van der Waals surface area contributed by atoms with Crippen LogP contribution in [-0.4, -0.2) is 73.5 Å². The predicted molar refractivity (Wildman–Crippen MR) is 222 cm³/mol. The lowest BCUT2D eigenvalue weighted by molar-refractivity contribution is -0.144. The highest BCUT2D eigenvalue weighted by Crippen LogP contribution is 2.37. The largest absolute Gasteiger partial charge is 0.488 e. The Morgan fingerprint density at radius 1 is 0.914 bits per heavy atom. The van der Waals surface area contributed by atoms with Crippen LogP contribution in [0.4, 0.5) is 0 Å². The molecule has 2 aliphatic heterocycles. The number of hydrogen-bond acceptors (Lipinski definition) is 11. The molecule has 0 radical (unpaired) electrons. The molecule has 7 rings (SSSR count). The van der Waals surface area contributed by atoms with Crippen molar-refractivity contribution in [3.05, 3.63) is 127 Å². The van der Waals surface area contributed by atoms with E-state index in [-0.39, 0.29) is 31.5 Å². The van der Waals surface area contributed by atoms with Crippen LogP contribution in [0.2, 0.25) is 5.02 Å². The molecule has 3 aromatic carbocycles. The Kier molecular flexibility index (Phi) is 13.2. The van der Waals surface area contributed by atoms with Crippen LogP contribution in [-0.2, 0) is 37.5 Å². The average molecular weight is 820 g/mol. The number of carboxylic acid groups (broad SMARTS) is 1. The second-order valence-corrected chi connectivity index (χ2v) is 16.6. The minimum Gasteiger partial charge on any atom is -0.488 e. The number of pyridine rings is 1. The third kappa shape index (κ3) is 9.74. The van der Waals surface area contributed by atoms with Crippen molar-refractivity contribution in [1.82, 2.24) is 19.8 Å². The summed E-state index contributed by atoms with van der Waals surface area (Å²) in [7, 11) is 0. The van der Waals surface area contributed by atoms with Crippen molar-refractivity contribution in [3.8, 4) is 28.7 Å². The van der Waals surface area contributed by atoms with Gasteiger partial charge in [0.2, 0.25) is 0 Å². The van der Waals surface area contributed by atoms with E-state index >= 15 is 0 Å². The molecule has 2 fully saturated rings. The van der Waals surface area contributed by atoms with Crippen LogP contribution in [0.3, 0.4) is 0 Å². The van der Waals surface area contributed by atoms with Crippen LogP contribution in [0.1, 0.15) is 79.3 Å². The number of aliphatic carboxylic acids is 1. The number of halogens is 1. The number of β-amino-alcohol motifs (C(OH)–C–C–N with tert-alkyl or cyclic N) is 1. The Morgan fingerprint density at radius 3 is 2.41 bits per heavy atom. The Labute approximate surface area is 347 Å². The van der Waals surface area contributed by atoms with E-state index in [4.69, 9.17) is 21.1 Å². The third-order valence-electron chi connectivity index (χ3n) is 11.0. The summed E-state index contributed by atoms with van der Waals surface area (Å²) >= 11 is 8.30. The molecule has 0 saturated carbocycles. The fraction of sp³-hybridized carbons (Fsp3) is 0.356. The number of aliphatic hydroxyl groups excluding tert-OH is 1. The normalized spacial score (nSPS) is 17.2. The van der Waals surface area contributed by atoms with E-state index < -0.39 is 12.0 Å². The molecule has 11 nitrogen and oxygen atoms in total. The summed E-state index contributed by atoms with van der Waals surface area (Å²) < 4.78 is 12.7. The van der Waals surface area contributed by atoms with E-state index in [1.807, 2.05) is 36.1 Å². The SMILES string of the molecule is Cc1c(COc2cc(OCc3cncc(C#N)c3)c(CN3CCCC[C@H]3C(=O)O)cc2Cl)cccc1-c1cccc(CC(=O)c2ncc(CN3CC[C@@H](O)C3)s2)c1C. The topological polar surface area (TPSA) is 149 Å². The van der Waals surface area contributed by atoms with Gasteiger partial charge >= 0.3 is 5.97 Å². The maximum Gasteiger partial charge on any atom is 0.320 e. The highest BCUT2D eigenvalue weighted by atomic mass is 35.5. The maximum atomic E-state index is 13.4. The van der Waals surface area contributed by atoms with Crippen molar-refractivity contribution in [2.45, 2.75) is 84.4 Å². The van der Waals surface area contributed by atoms with E-state index in [0.717, 1.165) is 69.6 Å². The number of aliphatic hydroxyl groups is 1. The van der Waals surface area contributed by atoms with Crippen molar-refractivity contribution in [2.75, 3.05) is 19.6 Å². The molecule has 2 saturated heterocycles. The molecule has 0 bridgehead atoms. The second-order valence-electron chi connectivity index (χ2n) is 15.1. The van der Waals surface area contributed by atoms with Crippen LogP contribution < -0.4 is 9.47 Å². The number of rotatable bonds is 15. The van der Waals surface area contributed by atoms with E-state index in [0.29, 0.717) is 65.3 Å². The molecule has 2 N–H and O–H groups in total. The minimum absolute atomic E-state index is 0.0203. The smallest absolute Gasteiger partial charge is 0.320 e. The first-order chi connectivity index (χ1) is 28.1. The van der Waals surface area contributed by atoms with Gasteiger partial charge in [-0.3, -0.25) is 24.4 Å². The number of carbonyl (C=O) groups is 2. The Balaban J connectivity index is 1.08. The van der Waals surface area contributed by atoms with E-state index in [1.54, 1.807) is 30.6 Å². The van der Waals surface area contributed by atoms with Gasteiger partial charge in [0.05, 0.1) is 16.7 Å². The fourth-order valence-electron chi connectivity index (χ4n) is 7.80. The summed E-state index contributed by atoms with van der Waals surface area (Å²) in [4.78, 5) is 39.3. The van der Waals surface area contributed by atoms with E-state index in [1.165, 1.54) is 17.5 Å². The molecule has 0 amide bonds. The van der Waals surface area contributed by atoms with Gasteiger partial charge in [-0.15, -0.1) is 11.3 Å². The second kappa shape index (κ2) is 18.6. The molecule has 2 aromatic heterocycles. The first kappa shape index (κ1) is 41.0. The summed E-state index contributed by atoms with van der Waals surface area (Å²) in [6.07, 6.45) is 7.98. The molecule has 0 unspecified atom stereocenters. The van der Waals surface area contributed by atoms with Gasteiger partial charge in [0.1, 0.15) is 36.8 Å². The van der Waals surface area contributed by atoms with Crippen LogP contribution >= 0.6 is 22.9 Å². The van der Waals surface area contributed by atoms with Crippen LogP contribution in [0.5, 0.6) is 11.5 Å². The van der Waals surface area contributed by atoms with Gasteiger partial charge in [0.15, 0.2) is 10.8 Å². The van der Waals surface area contributed by atoms with Crippen molar-refractivity contribution in [1.29, 1.82) is 5.26 Å². The number of ketones is 1. The number of Topliss-reactive ketones (excluding diaryl/α,β-unsaturated/α-hetero) is 1. The minimum atomic E-state index is -0.846. The molecule has 2 aliphatic rings. The fourth-order valence-corrected chi connectivity index (χ4v) is 8.93. The van der Waals surface area contributed by atoms with Crippen molar-refractivity contribution < 1.29 is 29.3 Å². The van der Waals surface area contributed by atoms with Gasteiger partial charge in [-0.2, -0.15) is 5.26 Å². The average Bonchev–Trinajstić information content (AvgIpc) is 3.87. The molecule has 58 heavy (non-hydrogen) atoms. The zero-order valence-electron chi connectivity index (χ0n) is 32.6. The van der Waals surface area contributed by atoms with Gasteiger partial charge in [-0.1, -0.05) is 54.4 Å². The summed E-state index contributed by atoms with van der Waals surface area (Å²) in [6, 6.07) is 18.9. The first-order valence-corrected chi connectivity index (χ1v) is 20.7. The summed E-state index contributed by atoms with van der Waals surface area (Å²) in [5, 5.41) is 30.0. The highest BCUT2D eigenvalue weighted by Gasteiger charge is 2.29. The first-order valence-electron chi connectivity index (χ1n) is 19.5. The van der Waals surface area contributed by atoms with Gasteiger partial charge in [-0.25, -0.2) is 4.98 Å². The van der Waals surface area contributed by atoms with Gasteiger partial charge in [0, 0.05) is 73.3 Å². The number of carbonyl (C=O) groups excluding carboxylic acids is 1. The van der Waals surface area contributed by atoms with E-state index in [9.17, 15) is 25.1 Å². The lowest BCUT2D eigenvalue weighted by atomic mass is 9.90. The molecule has 5 aromatic rings. The number of aromatic nitrogens is 2. The number of piperidine rings is 1. The number of benzene rings is 3. The number of likely N-dealkylation sites (tertiary alicyclic amines) is 2. The van der Waals surface area contributed by atoms with Gasteiger partial charge < -0.3 is 19.7 Å². The number of nitrogens with zero attached hydrogens (tertiary/aromatic N) is 5. The summed E-state index contributed by atoms with van der Waals surface area (Å²) in [5.74, 6) is 0.0568. The number of carboxylic acids is 1. The monoisotopic (exact) mass is 819 g/mol. The quantitative estimate of drug-likeness (QED) is 0.0992. The molecular formula is C45H46ClN5O6S. The Morgan fingerprint density at radius 2 is 1.67 bits per heavy atom. The molecule has 0 aliphatic carbocycles. The molecule has 0 spiro atoms. The number of ether oxygens (including phenoxy) is 2. The molecular weight excluding hydrogens is 774 g/mol. The Bertz CT molecular complexity index is 2340. The molecule has 13 heteroatoms. The van der Waals surface area contributed by atoms with E-state index in [2.05, 4.69) is 40.0 Å². The lowest BCUT2D eigenvalue weighted by Crippen LogP contribution is -2.44. The van der Waals surface area contributed by atoms with Gasteiger partial charge in [-0.05, 0) is 85.2 Å². The number of hydrogen-bond donors (Lipinski definition) is 2. The van der Waals surface area contributed by atoms with Crippen molar-refractivity contribution in [2.24, 2.45) is 0 Å². The summed E-state index contributed by atoms with van der Waals surface area (Å²) in [5.41, 5.74) is 7.89. The van der Waals surface area contributed by atoms with Crippen LogP contribution in [0, 0.1) is 25.2 Å². The zero-order chi connectivity index (χ0) is 40.8.